The first-order valence-electron chi connectivity index (χ1n) is 6.74. The van der Waals surface area contributed by atoms with E-state index in [4.69, 9.17) is 15.2 Å². The number of hydrogen-bond acceptors (Lipinski definition) is 4. The van der Waals surface area contributed by atoms with Crippen LogP contribution in [0.2, 0.25) is 0 Å². The minimum Gasteiger partial charge on any atom is -0.444 e. The Hall–Kier alpha value is -0.950. The molecule has 7 heteroatoms. The molecule has 0 bridgehead atoms. The van der Waals surface area contributed by atoms with Crippen LogP contribution in [0.15, 0.2) is 0 Å². The summed E-state index contributed by atoms with van der Waals surface area (Å²) in [5.74, 6) is -2.87. The Morgan fingerprint density at radius 1 is 1.45 bits per heavy atom. The summed E-state index contributed by atoms with van der Waals surface area (Å²) < 4.78 is 38.0. The van der Waals surface area contributed by atoms with Crippen LogP contribution in [0.5, 0.6) is 0 Å². The fourth-order valence-corrected chi connectivity index (χ4v) is 2.93. The van der Waals surface area contributed by atoms with Crippen molar-refractivity contribution in [2.75, 3.05) is 19.8 Å². The molecule has 1 amide bonds. The molecule has 0 aromatic heterocycles. The van der Waals surface area contributed by atoms with Crippen LogP contribution >= 0.6 is 0 Å². The Morgan fingerprint density at radius 3 is 2.40 bits per heavy atom. The van der Waals surface area contributed by atoms with E-state index in [1.807, 2.05) is 0 Å². The third kappa shape index (κ3) is 2.37. The predicted octanol–water partition coefficient (Wildman–Crippen LogP) is 1.65. The first kappa shape index (κ1) is 15.4. The number of ether oxygens (including phenoxy) is 2. The van der Waals surface area contributed by atoms with E-state index in [0.717, 1.165) is 0 Å². The van der Waals surface area contributed by atoms with E-state index in [9.17, 15) is 13.6 Å². The molecule has 1 aliphatic carbocycles. The van der Waals surface area contributed by atoms with Crippen LogP contribution < -0.4 is 11.1 Å². The number of amides is 1. The Balaban J connectivity index is 2.18. The second kappa shape index (κ2) is 4.53. The molecule has 1 heterocycles. The number of hydrogen-bond donors (Lipinski definition) is 2. The van der Waals surface area contributed by atoms with Crippen LogP contribution in [-0.4, -0.2) is 42.9 Å². The summed E-state index contributed by atoms with van der Waals surface area (Å²) in [4.78, 5) is 11.9. The lowest BCUT2D eigenvalue weighted by Crippen LogP contribution is -2.60. The number of nitrogens with two attached hydrogens (primary N) is 1. The molecule has 0 aromatic rings. The van der Waals surface area contributed by atoms with E-state index in [-0.39, 0.29) is 19.6 Å². The van der Waals surface area contributed by atoms with Crippen molar-refractivity contribution in [1.82, 2.24) is 5.32 Å². The van der Waals surface area contributed by atoms with Crippen molar-refractivity contribution in [2.45, 2.75) is 50.7 Å². The molecule has 5 nitrogen and oxygen atoms in total. The van der Waals surface area contributed by atoms with Gasteiger partial charge < -0.3 is 20.5 Å². The normalized spacial score (nSPS) is 35.7. The monoisotopic (exact) mass is 292 g/mol. The minimum absolute atomic E-state index is 0.0407. The second-order valence-electron chi connectivity index (χ2n) is 6.68. The molecule has 1 aliphatic heterocycles. The van der Waals surface area contributed by atoms with E-state index >= 15 is 0 Å². The van der Waals surface area contributed by atoms with Gasteiger partial charge in [-0.2, -0.15) is 0 Å². The number of carbonyl (C=O) groups is 1. The summed E-state index contributed by atoms with van der Waals surface area (Å²) in [6.07, 6.45) is -0.715. The van der Waals surface area contributed by atoms with Crippen LogP contribution in [0.1, 0.15) is 33.6 Å². The SMILES string of the molecule is CC(C)(C)OC(=O)NC1(C2(CN)CC2(F)F)CCOC1. The zero-order valence-electron chi connectivity index (χ0n) is 12.1. The maximum absolute atomic E-state index is 13.8. The zero-order chi connectivity index (χ0) is 15.2. The summed E-state index contributed by atoms with van der Waals surface area (Å²) in [7, 11) is 0. The highest BCUT2D eigenvalue weighted by molar-refractivity contribution is 5.69. The largest absolute Gasteiger partial charge is 0.444 e. The van der Waals surface area contributed by atoms with Crippen molar-refractivity contribution < 1.29 is 23.0 Å². The first-order chi connectivity index (χ1) is 9.08. The molecule has 0 radical (unpaired) electrons. The van der Waals surface area contributed by atoms with E-state index < -0.39 is 28.6 Å². The highest BCUT2D eigenvalue weighted by Gasteiger charge is 2.79. The molecule has 116 valence electrons. The molecule has 20 heavy (non-hydrogen) atoms. The topological polar surface area (TPSA) is 73.6 Å². The molecule has 1 saturated carbocycles. The summed E-state index contributed by atoms with van der Waals surface area (Å²) >= 11 is 0. The minimum atomic E-state index is -2.87. The summed E-state index contributed by atoms with van der Waals surface area (Å²) in [6.45, 7) is 5.32. The molecule has 2 fully saturated rings. The lowest BCUT2D eigenvalue weighted by molar-refractivity contribution is 0.00206. The van der Waals surface area contributed by atoms with Gasteiger partial charge in [-0.3, -0.25) is 0 Å². The Kier molecular flexibility index (Phi) is 3.49. The van der Waals surface area contributed by atoms with E-state index in [0.29, 0.717) is 13.0 Å². The van der Waals surface area contributed by atoms with Crippen molar-refractivity contribution in [3.8, 4) is 0 Å². The maximum Gasteiger partial charge on any atom is 0.408 e. The van der Waals surface area contributed by atoms with Crippen molar-refractivity contribution in [2.24, 2.45) is 11.1 Å². The highest BCUT2D eigenvalue weighted by Crippen LogP contribution is 2.67. The fraction of sp³-hybridized carbons (Fsp3) is 0.923. The Bertz CT molecular complexity index is 403. The van der Waals surface area contributed by atoms with Gasteiger partial charge in [-0.1, -0.05) is 0 Å². The molecule has 2 unspecified atom stereocenters. The van der Waals surface area contributed by atoms with Crippen molar-refractivity contribution >= 4 is 6.09 Å². The third-order valence-corrected chi connectivity index (χ3v) is 4.13. The average Bonchev–Trinajstić information content (AvgIpc) is 2.66. The molecule has 0 spiro atoms. The number of alkyl halides is 2. The summed E-state index contributed by atoms with van der Waals surface area (Å²) in [5.41, 5.74) is 2.33. The van der Waals surface area contributed by atoms with Crippen molar-refractivity contribution in [3.63, 3.8) is 0 Å². The van der Waals surface area contributed by atoms with Gasteiger partial charge in [0.1, 0.15) is 5.60 Å². The predicted molar refractivity (Wildman–Crippen MR) is 68.6 cm³/mol. The number of rotatable bonds is 3. The van der Waals surface area contributed by atoms with Crippen LogP contribution in [0.25, 0.3) is 0 Å². The highest BCUT2D eigenvalue weighted by atomic mass is 19.3. The van der Waals surface area contributed by atoms with Crippen LogP contribution in [0.4, 0.5) is 13.6 Å². The summed E-state index contributed by atoms with van der Waals surface area (Å²) in [5, 5.41) is 2.61. The van der Waals surface area contributed by atoms with Gasteiger partial charge in [-0.05, 0) is 27.2 Å². The van der Waals surface area contributed by atoms with Gasteiger partial charge in [0, 0.05) is 19.6 Å². The molecule has 2 aliphatic rings. The van der Waals surface area contributed by atoms with Crippen molar-refractivity contribution in [1.29, 1.82) is 0 Å². The number of nitrogens with one attached hydrogen (secondary N) is 1. The lowest BCUT2D eigenvalue weighted by atomic mass is 9.79. The van der Waals surface area contributed by atoms with Crippen LogP contribution in [0.3, 0.4) is 0 Å². The van der Waals surface area contributed by atoms with Crippen molar-refractivity contribution in [3.05, 3.63) is 0 Å². The van der Waals surface area contributed by atoms with Gasteiger partial charge in [-0.15, -0.1) is 0 Å². The fourth-order valence-electron chi connectivity index (χ4n) is 2.93. The van der Waals surface area contributed by atoms with Gasteiger partial charge in [0.15, 0.2) is 0 Å². The molecule has 2 rings (SSSR count). The molecule has 0 aromatic carbocycles. The standard InChI is InChI=1S/C13H22F2N2O3/c1-10(2,3)20-9(18)17-12(4-5-19-8-12)11(7-16)6-13(11,14)15/h4-8,16H2,1-3H3,(H,17,18). The molecule has 2 atom stereocenters. The lowest BCUT2D eigenvalue weighted by Gasteiger charge is -2.37. The number of carbonyl (C=O) groups excluding carboxylic acids is 1. The third-order valence-electron chi connectivity index (χ3n) is 4.13. The van der Waals surface area contributed by atoms with Gasteiger partial charge >= 0.3 is 6.09 Å². The van der Waals surface area contributed by atoms with E-state index in [2.05, 4.69) is 5.32 Å². The first-order valence-corrected chi connectivity index (χ1v) is 6.74. The van der Waals surface area contributed by atoms with E-state index in [1.165, 1.54) is 0 Å². The molecular weight excluding hydrogens is 270 g/mol. The number of alkyl carbamates (subject to hydrolysis) is 1. The zero-order valence-corrected chi connectivity index (χ0v) is 12.1. The van der Waals surface area contributed by atoms with Gasteiger partial charge in [0.2, 0.25) is 0 Å². The maximum atomic E-state index is 13.8. The summed E-state index contributed by atoms with van der Waals surface area (Å²) in [6, 6.07) is 0. The quantitative estimate of drug-likeness (QED) is 0.829. The Labute approximate surface area is 117 Å². The van der Waals surface area contributed by atoms with Crippen LogP contribution in [0, 0.1) is 5.41 Å². The molecule has 3 N–H and O–H groups in total. The number of halogens is 2. The average molecular weight is 292 g/mol. The van der Waals surface area contributed by atoms with Gasteiger partial charge in [0.25, 0.3) is 5.92 Å². The Morgan fingerprint density at radius 2 is 2.05 bits per heavy atom. The second-order valence-corrected chi connectivity index (χ2v) is 6.68. The van der Waals surface area contributed by atoms with Crippen LogP contribution in [-0.2, 0) is 9.47 Å². The van der Waals surface area contributed by atoms with E-state index in [1.54, 1.807) is 20.8 Å². The van der Waals surface area contributed by atoms with Gasteiger partial charge in [-0.25, -0.2) is 13.6 Å². The van der Waals surface area contributed by atoms with Gasteiger partial charge in [0.05, 0.1) is 17.6 Å². The molecule has 1 saturated heterocycles. The smallest absolute Gasteiger partial charge is 0.408 e. The molecular formula is C13H22F2N2O3.